The van der Waals surface area contributed by atoms with Crippen molar-refractivity contribution in [2.24, 2.45) is 4.99 Å². The lowest BCUT2D eigenvalue weighted by molar-refractivity contribution is 0.322. The highest BCUT2D eigenvalue weighted by Gasteiger charge is 2.10. The molecule has 2 N–H and O–H groups in total. The van der Waals surface area contributed by atoms with E-state index in [1.807, 2.05) is 24.3 Å². The average molecular weight is 316 g/mol. The maximum Gasteiger partial charge on any atom is 0.196 e. The zero-order valence-corrected chi connectivity index (χ0v) is 13.2. The fourth-order valence-corrected chi connectivity index (χ4v) is 2.49. The third kappa shape index (κ3) is 3.52. The first kappa shape index (κ1) is 14.7. The van der Waals surface area contributed by atoms with E-state index in [0.717, 1.165) is 11.6 Å². The summed E-state index contributed by atoms with van der Waals surface area (Å²) in [5.41, 5.74) is 3.58. The van der Waals surface area contributed by atoms with Crippen molar-refractivity contribution < 1.29 is 4.74 Å². The third-order valence-corrected chi connectivity index (χ3v) is 3.72. The third-order valence-electron chi connectivity index (χ3n) is 3.41. The molecule has 0 unspecified atom stereocenters. The largest absolute Gasteiger partial charge is 0.490 e. The van der Waals surface area contributed by atoms with Gasteiger partial charge in [-0.3, -0.25) is 0 Å². The number of ether oxygens (including phenoxy) is 1. The van der Waals surface area contributed by atoms with Crippen LogP contribution < -0.4 is 15.4 Å². The Balaban J connectivity index is 1.48. The van der Waals surface area contributed by atoms with Crippen LogP contribution in [-0.2, 0) is 6.54 Å². The van der Waals surface area contributed by atoms with E-state index >= 15 is 0 Å². The van der Waals surface area contributed by atoms with Crippen LogP contribution in [0.1, 0.15) is 11.1 Å². The van der Waals surface area contributed by atoms with Gasteiger partial charge in [0.05, 0.1) is 18.1 Å². The summed E-state index contributed by atoms with van der Waals surface area (Å²) in [6, 6.07) is 13.8. The van der Waals surface area contributed by atoms with E-state index in [0.29, 0.717) is 30.5 Å². The van der Waals surface area contributed by atoms with Gasteiger partial charge in [-0.15, -0.1) is 0 Å². The summed E-state index contributed by atoms with van der Waals surface area (Å²) in [7, 11) is 0. The quantitative estimate of drug-likeness (QED) is 0.847. The van der Waals surface area contributed by atoms with Crippen LogP contribution in [0.25, 0.3) is 0 Å². The van der Waals surface area contributed by atoms with E-state index in [1.54, 1.807) is 0 Å². The molecule has 1 aliphatic rings. The Morgan fingerprint density at radius 3 is 3.00 bits per heavy atom. The van der Waals surface area contributed by atoms with E-state index in [2.05, 4.69) is 40.7 Å². The second-order valence-corrected chi connectivity index (χ2v) is 5.56. The first-order valence-electron chi connectivity index (χ1n) is 7.24. The monoisotopic (exact) mass is 315 g/mol. The second-order valence-electron chi connectivity index (χ2n) is 5.16. The molecule has 2 aromatic carbocycles. The van der Waals surface area contributed by atoms with Crippen molar-refractivity contribution in [3.8, 4) is 5.75 Å². The molecule has 1 heterocycles. The minimum atomic E-state index is 0.519. The smallest absolute Gasteiger partial charge is 0.196 e. The van der Waals surface area contributed by atoms with Gasteiger partial charge in [0.25, 0.3) is 0 Å². The number of aliphatic imine (C=N–C) groups is 1. The van der Waals surface area contributed by atoms with Crippen molar-refractivity contribution >= 4 is 23.2 Å². The number of fused-ring (bicyclic) bond motifs is 1. The Morgan fingerprint density at radius 1 is 1.27 bits per heavy atom. The summed E-state index contributed by atoms with van der Waals surface area (Å²) in [5, 5.41) is 7.15. The Labute approximate surface area is 135 Å². The molecule has 0 atom stereocenters. The minimum Gasteiger partial charge on any atom is -0.490 e. The molecule has 114 valence electrons. The van der Waals surface area contributed by atoms with Gasteiger partial charge in [0.2, 0.25) is 0 Å². The minimum absolute atomic E-state index is 0.519. The molecule has 0 bridgehead atoms. The molecule has 0 aliphatic carbocycles. The fraction of sp³-hybridized carbons (Fsp3) is 0.235. The molecular weight excluding hydrogens is 298 g/mol. The van der Waals surface area contributed by atoms with E-state index in [1.165, 1.54) is 11.1 Å². The van der Waals surface area contributed by atoms with Crippen molar-refractivity contribution in [3.05, 3.63) is 58.6 Å². The summed E-state index contributed by atoms with van der Waals surface area (Å²) in [6.07, 6.45) is 0. The maximum atomic E-state index is 6.04. The number of hydrogen-bond donors (Lipinski definition) is 2. The number of benzene rings is 2. The van der Waals surface area contributed by atoms with Crippen molar-refractivity contribution in [2.75, 3.05) is 18.5 Å². The summed E-state index contributed by atoms with van der Waals surface area (Å²) in [6.45, 7) is 3.95. The molecule has 3 rings (SSSR count). The van der Waals surface area contributed by atoms with Gasteiger partial charge in [-0.05, 0) is 30.7 Å². The predicted octanol–water partition coefficient (Wildman–Crippen LogP) is 3.60. The predicted molar refractivity (Wildman–Crippen MR) is 90.9 cm³/mol. The van der Waals surface area contributed by atoms with Gasteiger partial charge in [-0.25, -0.2) is 4.99 Å². The number of aryl methyl sites for hydroxylation is 1. The van der Waals surface area contributed by atoms with Crippen LogP contribution >= 0.6 is 11.6 Å². The first-order chi connectivity index (χ1) is 10.7. The Morgan fingerprint density at radius 2 is 2.14 bits per heavy atom. The van der Waals surface area contributed by atoms with Gasteiger partial charge < -0.3 is 15.4 Å². The van der Waals surface area contributed by atoms with Crippen molar-refractivity contribution in [1.82, 2.24) is 5.32 Å². The second kappa shape index (κ2) is 6.71. The van der Waals surface area contributed by atoms with Crippen LogP contribution in [-0.4, -0.2) is 19.1 Å². The lowest BCUT2D eigenvalue weighted by Gasteiger charge is -2.20. The number of nitrogens with zero attached hydrogens (tertiary/aromatic N) is 1. The topological polar surface area (TPSA) is 45.7 Å². The highest BCUT2D eigenvalue weighted by Crippen LogP contribution is 2.23. The Hall–Kier alpha value is -2.20. The van der Waals surface area contributed by atoms with Crippen LogP contribution in [0.3, 0.4) is 0 Å². The standard InChI is InChI=1S/C17H18ClN3O/c1-12-6-7-15-13(10-12)11-20-17(21-15)19-8-9-22-16-5-3-2-4-14(16)18/h2-7,10H,8-9,11H2,1H3,(H2,19,20,21). The molecule has 0 fully saturated rings. The van der Waals surface area contributed by atoms with E-state index < -0.39 is 0 Å². The molecule has 0 saturated carbocycles. The Bertz CT molecular complexity index is 700. The molecular formula is C17H18ClN3O. The molecule has 0 saturated heterocycles. The molecule has 5 heteroatoms. The van der Waals surface area contributed by atoms with Crippen LogP contribution in [0.4, 0.5) is 5.69 Å². The highest BCUT2D eigenvalue weighted by molar-refractivity contribution is 6.32. The van der Waals surface area contributed by atoms with Crippen LogP contribution in [0.2, 0.25) is 5.02 Å². The molecule has 0 spiro atoms. The van der Waals surface area contributed by atoms with Crippen LogP contribution in [0.15, 0.2) is 47.5 Å². The van der Waals surface area contributed by atoms with Crippen molar-refractivity contribution in [3.63, 3.8) is 0 Å². The van der Waals surface area contributed by atoms with Crippen molar-refractivity contribution in [1.29, 1.82) is 0 Å². The van der Waals surface area contributed by atoms with Crippen LogP contribution in [0.5, 0.6) is 5.75 Å². The van der Waals surface area contributed by atoms with Crippen molar-refractivity contribution in [2.45, 2.75) is 13.5 Å². The number of hydrogen-bond acceptors (Lipinski definition) is 4. The lowest BCUT2D eigenvalue weighted by Crippen LogP contribution is -2.35. The molecule has 0 amide bonds. The van der Waals surface area contributed by atoms with Gasteiger partial charge in [0.15, 0.2) is 5.96 Å². The molecule has 4 nitrogen and oxygen atoms in total. The van der Waals surface area contributed by atoms with Gasteiger partial charge in [-0.1, -0.05) is 41.4 Å². The van der Waals surface area contributed by atoms with Gasteiger partial charge in [-0.2, -0.15) is 0 Å². The van der Waals surface area contributed by atoms with Gasteiger partial charge in [0, 0.05) is 5.69 Å². The SMILES string of the molecule is Cc1ccc2c(c1)CN=C(NCCOc1ccccc1Cl)N2. The Kier molecular flexibility index (Phi) is 4.49. The van der Waals surface area contributed by atoms with Crippen LogP contribution in [0, 0.1) is 6.92 Å². The summed E-state index contributed by atoms with van der Waals surface area (Å²) < 4.78 is 5.64. The summed E-state index contributed by atoms with van der Waals surface area (Å²) in [5.74, 6) is 1.48. The lowest BCUT2D eigenvalue weighted by atomic mass is 10.1. The molecule has 2 aromatic rings. The maximum absolute atomic E-state index is 6.04. The van der Waals surface area contributed by atoms with E-state index in [9.17, 15) is 0 Å². The number of halogens is 1. The number of anilines is 1. The van der Waals surface area contributed by atoms with E-state index in [4.69, 9.17) is 16.3 Å². The zero-order valence-electron chi connectivity index (χ0n) is 12.4. The normalized spacial score (nSPS) is 12.9. The number of rotatable bonds is 4. The molecule has 0 radical (unpaired) electrons. The van der Waals surface area contributed by atoms with Gasteiger partial charge in [0.1, 0.15) is 12.4 Å². The van der Waals surface area contributed by atoms with E-state index in [-0.39, 0.29) is 0 Å². The molecule has 0 aromatic heterocycles. The molecule has 1 aliphatic heterocycles. The molecule has 22 heavy (non-hydrogen) atoms. The number of nitrogens with one attached hydrogen (secondary N) is 2. The average Bonchev–Trinajstić information content (AvgIpc) is 2.53. The van der Waals surface area contributed by atoms with Gasteiger partial charge >= 0.3 is 0 Å². The first-order valence-corrected chi connectivity index (χ1v) is 7.62. The fourth-order valence-electron chi connectivity index (χ4n) is 2.30. The zero-order chi connectivity index (χ0) is 15.4. The summed E-state index contributed by atoms with van der Waals surface area (Å²) in [4.78, 5) is 4.49. The number of guanidine groups is 1. The highest BCUT2D eigenvalue weighted by atomic mass is 35.5. The summed E-state index contributed by atoms with van der Waals surface area (Å²) >= 11 is 6.04. The number of para-hydroxylation sites is 1.